The summed E-state index contributed by atoms with van der Waals surface area (Å²) in [4.78, 5) is 5.36. The minimum absolute atomic E-state index is 0.131. The maximum atomic E-state index is 12.2. The zero-order chi connectivity index (χ0) is 28.9. The predicted molar refractivity (Wildman–Crippen MR) is 167 cm³/mol. The molecule has 0 saturated carbocycles. The molecule has 1 aromatic heterocycles. The Hall–Kier alpha value is -1.91. The zero-order valence-electron chi connectivity index (χ0n) is 26.5. The van der Waals surface area contributed by atoms with E-state index in [2.05, 4.69) is 106 Å². The van der Waals surface area contributed by atoms with Gasteiger partial charge >= 0.3 is 0 Å². The van der Waals surface area contributed by atoms with Crippen molar-refractivity contribution in [3.05, 3.63) is 75.3 Å². The number of nitrogens with zero attached hydrogens (tertiary/aromatic N) is 1. The van der Waals surface area contributed by atoms with Crippen molar-refractivity contribution in [2.24, 2.45) is 5.41 Å². The molecule has 1 heterocycles. The van der Waals surface area contributed by atoms with Crippen LogP contribution in [-0.2, 0) is 17.3 Å². The number of rotatable bonds is 7. The van der Waals surface area contributed by atoms with Crippen molar-refractivity contribution >= 4 is 8.32 Å². The second-order valence-corrected chi connectivity index (χ2v) is 19.8. The summed E-state index contributed by atoms with van der Waals surface area (Å²) in [5.41, 5.74) is 8.53. The van der Waals surface area contributed by atoms with Gasteiger partial charge in [-0.25, -0.2) is 0 Å². The van der Waals surface area contributed by atoms with Gasteiger partial charge in [-0.1, -0.05) is 86.6 Å². The number of aliphatic hydroxyl groups is 1. The summed E-state index contributed by atoms with van der Waals surface area (Å²) in [7, 11) is -2.01. The third-order valence-corrected chi connectivity index (χ3v) is 14.0. The second-order valence-electron chi connectivity index (χ2n) is 15.1. The number of hydrogen-bond acceptors (Lipinski definition) is 3. The van der Waals surface area contributed by atoms with E-state index in [9.17, 15) is 5.11 Å². The first-order chi connectivity index (χ1) is 18.0. The van der Waals surface area contributed by atoms with Gasteiger partial charge in [0.05, 0.1) is 5.76 Å². The average Bonchev–Trinajstić information content (AvgIpc) is 3.28. The summed E-state index contributed by atoms with van der Waals surface area (Å²) in [5.74, 6) is 1.99. The third-order valence-electron chi connectivity index (χ3n) is 9.60. The minimum Gasteiger partial charge on any atom is -0.546 e. The van der Waals surface area contributed by atoms with E-state index in [0.29, 0.717) is 5.92 Å². The molecule has 1 N–H and O–H groups in total. The maximum Gasteiger partial charge on any atom is 0.250 e. The molecule has 0 aliphatic heterocycles. The molecule has 4 heteroatoms. The number of hydrogen-bond donors (Lipinski definition) is 1. The van der Waals surface area contributed by atoms with Crippen LogP contribution in [0.15, 0.2) is 36.1 Å². The molecule has 214 valence electrons. The highest BCUT2D eigenvalue weighted by molar-refractivity contribution is 6.74. The molecule has 0 saturated heterocycles. The van der Waals surface area contributed by atoms with Gasteiger partial charge in [-0.3, -0.25) is 4.98 Å². The second kappa shape index (κ2) is 10.8. The monoisotopic (exact) mass is 547 g/mol. The number of aliphatic hydroxyl groups excluding tert-OH is 1. The van der Waals surface area contributed by atoms with Crippen LogP contribution in [0.1, 0.15) is 145 Å². The van der Waals surface area contributed by atoms with E-state index < -0.39 is 14.4 Å². The van der Waals surface area contributed by atoms with Gasteiger partial charge < -0.3 is 9.53 Å². The van der Waals surface area contributed by atoms with E-state index in [1.807, 2.05) is 0 Å². The highest BCUT2D eigenvalue weighted by atomic mass is 28.4. The lowest BCUT2D eigenvalue weighted by Gasteiger charge is -2.40. The van der Waals surface area contributed by atoms with Crippen LogP contribution in [0.25, 0.3) is 0 Å². The van der Waals surface area contributed by atoms with Crippen LogP contribution < -0.4 is 0 Å². The Kier molecular flexibility index (Phi) is 8.34. The van der Waals surface area contributed by atoms with Crippen LogP contribution in [0.2, 0.25) is 18.1 Å². The molecule has 2 atom stereocenters. The van der Waals surface area contributed by atoms with Gasteiger partial charge in [0.15, 0.2) is 0 Å². The van der Waals surface area contributed by atoms with Crippen LogP contribution in [0.4, 0.5) is 0 Å². The Morgan fingerprint density at radius 3 is 2.18 bits per heavy atom. The molecule has 0 spiro atoms. The highest BCUT2D eigenvalue weighted by Gasteiger charge is 2.43. The fourth-order valence-corrected chi connectivity index (χ4v) is 7.16. The Morgan fingerprint density at radius 2 is 1.62 bits per heavy atom. The molecule has 3 nitrogen and oxygen atoms in total. The summed E-state index contributed by atoms with van der Waals surface area (Å²) in [6.07, 6.45) is 6.83. The molecule has 2 aromatic rings. The molecule has 39 heavy (non-hydrogen) atoms. The fourth-order valence-electron chi connectivity index (χ4n) is 6.04. The van der Waals surface area contributed by atoms with Crippen molar-refractivity contribution in [2.45, 2.75) is 136 Å². The van der Waals surface area contributed by atoms with Crippen molar-refractivity contribution in [3.63, 3.8) is 0 Å². The Balaban J connectivity index is 1.92. The molecule has 0 fully saturated rings. The zero-order valence-corrected chi connectivity index (χ0v) is 27.5. The van der Waals surface area contributed by atoms with Gasteiger partial charge in [0.2, 0.25) is 8.32 Å². The summed E-state index contributed by atoms with van der Waals surface area (Å²) in [6, 6.07) is 8.59. The van der Waals surface area contributed by atoms with Gasteiger partial charge in [0, 0.05) is 22.9 Å². The van der Waals surface area contributed by atoms with Crippen LogP contribution in [0.3, 0.4) is 0 Å². The molecule has 0 bridgehead atoms. The van der Waals surface area contributed by atoms with Gasteiger partial charge in [0.25, 0.3) is 0 Å². The Labute approximate surface area is 239 Å². The maximum absolute atomic E-state index is 12.2. The molecular weight excluding hydrogens is 494 g/mol. The number of pyridine rings is 1. The number of benzene rings is 1. The van der Waals surface area contributed by atoms with Gasteiger partial charge in [-0.2, -0.15) is 0 Å². The van der Waals surface area contributed by atoms with E-state index in [-0.39, 0.29) is 22.3 Å². The van der Waals surface area contributed by atoms with Crippen molar-refractivity contribution in [1.82, 2.24) is 4.98 Å². The van der Waals surface area contributed by atoms with E-state index in [0.717, 1.165) is 54.7 Å². The molecule has 2 aliphatic carbocycles. The lowest BCUT2D eigenvalue weighted by Crippen LogP contribution is -2.41. The van der Waals surface area contributed by atoms with Crippen molar-refractivity contribution < 1.29 is 9.53 Å². The quantitative estimate of drug-likeness (QED) is 0.351. The average molecular weight is 548 g/mol. The topological polar surface area (TPSA) is 42.4 Å². The van der Waals surface area contributed by atoms with E-state index in [1.165, 1.54) is 22.4 Å². The number of fused-ring (bicyclic) bond motifs is 1. The van der Waals surface area contributed by atoms with Crippen LogP contribution in [0, 0.1) is 5.41 Å². The molecule has 1 aromatic carbocycles. The fraction of sp³-hybridized carbons (Fsp3) is 0.629. The molecule has 4 rings (SSSR count). The lowest BCUT2D eigenvalue weighted by atomic mass is 9.71. The summed E-state index contributed by atoms with van der Waals surface area (Å²) in [6.45, 7) is 25.2. The van der Waals surface area contributed by atoms with Crippen molar-refractivity contribution in [2.75, 3.05) is 0 Å². The number of aromatic nitrogens is 1. The van der Waals surface area contributed by atoms with Crippen LogP contribution in [-0.4, -0.2) is 18.4 Å². The van der Waals surface area contributed by atoms with Crippen LogP contribution >= 0.6 is 0 Å². The largest absolute Gasteiger partial charge is 0.546 e. The Bertz CT molecular complexity index is 1210. The first-order valence-corrected chi connectivity index (χ1v) is 18.2. The summed E-state index contributed by atoms with van der Waals surface area (Å²) >= 11 is 0. The van der Waals surface area contributed by atoms with Crippen LogP contribution in [0.5, 0.6) is 0 Å². The van der Waals surface area contributed by atoms with E-state index in [4.69, 9.17) is 9.41 Å². The third kappa shape index (κ3) is 6.07. The smallest absolute Gasteiger partial charge is 0.250 e. The summed E-state index contributed by atoms with van der Waals surface area (Å²) < 4.78 is 7.04. The normalized spacial score (nSPS) is 20.3. The predicted octanol–water partition coefficient (Wildman–Crippen LogP) is 9.71. The Morgan fingerprint density at radius 1 is 1.00 bits per heavy atom. The number of allylic oxidation sites excluding steroid dienone is 2. The molecule has 2 aliphatic rings. The van der Waals surface area contributed by atoms with Crippen molar-refractivity contribution in [1.29, 1.82) is 0 Å². The van der Waals surface area contributed by atoms with E-state index >= 15 is 0 Å². The highest BCUT2D eigenvalue weighted by Crippen LogP contribution is 2.50. The van der Waals surface area contributed by atoms with Gasteiger partial charge in [-0.05, 0) is 95.8 Å². The molecule has 0 radical (unpaired) electrons. The standard InChI is InChI=1S/C35H53NO2Si/c1-22(2)24-15-17-25(18-16-24)33(37)31-30(27-13-12-14-29(27)38-39(10,11)34(5,6)7)26-19-20-35(8,9)21-28(26)36-32(31)23(3)4/h14-18,22-23,27,33,37H,12-13,19-21H2,1-11H3/t27-,33-/m1/s1. The first kappa shape index (κ1) is 30.1. The first-order valence-electron chi connectivity index (χ1n) is 15.2. The van der Waals surface area contributed by atoms with Gasteiger partial charge in [-0.15, -0.1) is 0 Å². The molecule has 0 amide bonds. The lowest BCUT2D eigenvalue weighted by molar-refractivity contribution is 0.214. The summed E-state index contributed by atoms with van der Waals surface area (Å²) in [5, 5.41) is 12.3. The molecule has 0 unspecified atom stereocenters. The SMILES string of the molecule is CC(C)c1ccc([C@@H](O)c2c(C(C)C)nc3c(c2[C@@H]2CCC=C2O[Si](C)(C)C(C)(C)C)CCC(C)(C)C3)cc1. The van der Waals surface area contributed by atoms with E-state index in [1.54, 1.807) is 0 Å². The minimum atomic E-state index is -2.01. The van der Waals surface area contributed by atoms with Gasteiger partial charge in [0.1, 0.15) is 6.10 Å². The molecular formula is C35H53NO2Si. The van der Waals surface area contributed by atoms with Crippen molar-refractivity contribution in [3.8, 4) is 0 Å².